The van der Waals surface area contributed by atoms with Crippen molar-refractivity contribution in [2.24, 2.45) is 0 Å². The molecule has 1 aliphatic carbocycles. The van der Waals surface area contributed by atoms with E-state index in [-0.39, 0.29) is 17.9 Å². The fourth-order valence-electron chi connectivity index (χ4n) is 5.82. The quantitative estimate of drug-likeness (QED) is 0.708. The summed E-state index contributed by atoms with van der Waals surface area (Å²) in [6.07, 6.45) is 6.84. The van der Waals surface area contributed by atoms with Gasteiger partial charge in [-0.25, -0.2) is 4.39 Å². The molecule has 2 heterocycles. The number of piperazine rings is 1. The molecule has 0 aromatic heterocycles. The number of carbonyl (C=O) groups excluding carboxylic acids is 2. The Morgan fingerprint density at radius 3 is 2.26 bits per heavy atom. The van der Waals surface area contributed by atoms with E-state index >= 15 is 0 Å². The van der Waals surface area contributed by atoms with Crippen LogP contribution in [0, 0.1) is 5.82 Å². The number of nitrogens with one attached hydrogen (secondary N) is 1. The van der Waals surface area contributed by atoms with Gasteiger partial charge in [-0.3, -0.25) is 14.5 Å². The van der Waals surface area contributed by atoms with Crippen molar-refractivity contribution in [2.75, 3.05) is 44.2 Å². The number of nitrogens with zero attached hydrogens (tertiary/aromatic N) is 3. The van der Waals surface area contributed by atoms with Gasteiger partial charge in [0.05, 0.1) is 5.56 Å². The van der Waals surface area contributed by atoms with Gasteiger partial charge in [-0.15, -0.1) is 0 Å². The van der Waals surface area contributed by atoms with Gasteiger partial charge in [0.2, 0.25) is 0 Å². The average molecular weight is 479 g/mol. The molecule has 7 heteroatoms. The number of amides is 2. The average Bonchev–Trinajstić information content (AvgIpc) is 3.44. The Kier molecular flexibility index (Phi) is 7.32. The molecule has 2 aliphatic heterocycles. The van der Waals surface area contributed by atoms with E-state index in [0.29, 0.717) is 11.6 Å². The third-order valence-corrected chi connectivity index (χ3v) is 7.83. The summed E-state index contributed by atoms with van der Waals surface area (Å²) >= 11 is 0. The summed E-state index contributed by atoms with van der Waals surface area (Å²) in [4.78, 5) is 32.8. The molecule has 6 nitrogen and oxygen atoms in total. The molecule has 2 aromatic carbocycles. The van der Waals surface area contributed by atoms with E-state index in [4.69, 9.17) is 0 Å². The van der Waals surface area contributed by atoms with E-state index in [1.807, 2.05) is 29.2 Å². The molecule has 2 saturated heterocycles. The number of carbonyl (C=O) groups is 2. The summed E-state index contributed by atoms with van der Waals surface area (Å²) in [7, 11) is 0. The summed E-state index contributed by atoms with van der Waals surface area (Å²) in [6.45, 7) is 5.03. The molecule has 186 valence electrons. The Balaban J connectivity index is 1.17. The molecule has 1 N–H and O–H groups in total. The van der Waals surface area contributed by atoms with E-state index < -0.39 is 5.82 Å². The summed E-state index contributed by atoms with van der Waals surface area (Å²) in [5, 5.41) is 3.04. The van der Waals surface area contributed by atoms with Crippen LogP contribution in [0.15, 0.2) is 48.5 Å². The number of benzene rings is 2. The first-order valence-corrected chi connectivity index (χ1v) is 13.0. The molecule has 0 atom stereocenters. The van der Waals surface area contributed by atoms with Crippen molar-refractivity contribution in [3.63, 3.8) is 0 Å². The summed E-state index contributed by atoms with van der Waals surface area (Å²) in [5.41, 5.74) is 2.09. The van der Waals surface area contributed by atoms with Crippen LogP contribution < -0.4 is 10.2 Å². The fourth-order valence-corrected chi connectivity index (χ4v) is 5.82. The molecule has 2 aromatic rings. The Morgan fingerprint density at radius 2 is 1.54 bits per heavy atom. The maximum atomic E-state index is 13.5. The maximum absolute atomic E-state index is 13.5. The van der Waals surface area contributed by atoms with Gasteiger partial charge in [-0.2, -0.15) is 0 Å². The van der Waals surface area contributed by atoms with E-state index in [1.54, 1.807) is 12.1 Å². The van der Waals surface area contributed by atoms with Crippen molar-refractivity contribution in [2.45, 2.75) is 50.6 Å². The second-order valence-electron chi connectivity index (χ2n) is 10.0. The zero-order valence-corrected chi connectivity index (χ0v) is 20.3. The first-order chi connectivity index (χ1) is 17.1. The van der Waals surface area contributed by atoms with Gasteiger partial charge in [0.15, 0.2) is 0 Å². The number of piperidine rings is 1. The monoisotopic (exact) mass is 478 g/mol. The minimum atomic E-state index is -0.409. The highest BCUT2D eigenvalue weighted by molar-refractivity contribution is 6.00. The van der Waals surface area contributed by atoms with Crippen molar-refractivity contribution in [3.8, 4) is 0 Å². The molecule has 0 radical (unpaired) electrons. The number of para-hydroxylation sites is 1. The van der Waals surface area contributed by atoms with Gasteiger partial charge >= 0.3 is 0 Å². The van der Waals surface area contributed by atoms with Crippen LogP contribution in [-0.4, -0.2) is 73.0 Å². The molecule has 2 amide bonds. The molecule has 3 fully saturated rings. The van der Waals surface area contributed by atoms with E-state index in [2.05, 4.69) is 15.1 Å². The largest absolute Gasteiger partial charge is 0.371 e. The zero-order chi connectivity index (χ0) is 24.2. The normalized spacial score (nSPS) is 20.3. The molecule has 5 rings (SSSR count). The first kappa shape index (κ1) is 23.8. The standard InChI is InChI=1S/C28H35FN4O2/c29-22-7-5-6-21(20-22)27(34)30-23-12-14-32(15-13-23)26-11-4-3-10-25(26)28(35)33-18-16-31(17-19-33)24-8-1-2-9-24/h3-7,10-11,20,23-24H,1-2,8-9,12-19H2,(H,30,34). The number of anilines is 1. The van der Waals surface area contributed by atoms with Gasteiger partial charge in [0.25, 0.3) is 11.8 Å². The molecular weight excluding hydrogens is 443 g/mol. The predicted molar refractivity (Wildman–Crippen MR) is 135 cm³/mol. The SMILES string of the molecule is O=C(NC1CCN(c2ccccc2C(=O)N2CCN(C3CCCC3)CC2)CC1)c1cccc(F)c1. The Hall–Kier alpha value is -2.93. The molecule has 0 unspecified atom stereocenters. The second kappa shape index (κ2) is 10.8. The molecule has 1 saturated carbocycles. The lowest BCUT2D eigenvalue weighted by atomic mass is 10.0. The van der Waals surface area contributed by atoms with Crippen molar-refractivity contribution in [3.05, 3.63) is 65.5 Å². The van der Waals surface area contributed by atoms with Crippen molar-refractivity contribution >= 4 is 17.5 Å². The summed E-state index contributed by atoms with van der Waals surface area (Å²) < 4.78 is 13.5. The van der Waals surface area contributed by atoms with Gasteiger partial charge in [0, 0.05) is 62.6 Å². The first-order valence-electron chi connectivity index (χ1n) is 13.0. The molecular formula is C28H35FN4O2. The van der Waals surface area contributed by atoms with Gasteiger partial charge in [-0.05, 0) is 56.0 Å². The summed E-state index contributed by atoms with van der Waals surface area (Å²) in [6, 6.07) is 14.4. The van der Waals surface area contributed by atoms with Crippen LogP contribution in [0.25, 0.3) is 0 Å². The van der Waals surface area contributed by atoms with Crippen LogP contribution in [-0.2, 0) is 0 Å². The highest BCUT2D eigenvalue weighted by Crippen LogP contribution is 2.28. The Labute approximate surface area is 207 Å². The van der Waals surface area contributed by atoms with Crippen molar-refractivity contribution in [1.29, 1.82) is 0 Å². The highest BCUT2D eigenvalue weighted by atomic mass is 19.1. The van der Waals surface area contributed by atoms with E-state index in [0.717, 1.165) is 63.4 Å². The lowest BCUT2D eigenvalue weighted by molar-refractivity contribution is 0.0574. The van der Waals surface area contributed by atoms with Crippen molar-refractivity contribution in [1.82, 2.24) is 15.1 Å². The predicted octanol–water partition coefficient (Wildman–Crippen LogP) is 3.92. The van der Waals surface area contributed by atoms with Gasteiger partial charge in [0.1, 0.15) is 5.82 Å². The summed E-state index contributed by atoms with van der Waals surface area (Å²) in [5.74, 6) is -0.530. The smallest absolute Gasteiger partial charge is 0.256 e. The fraction of sp³-hybridized carbons (Fsp3) is 0.500. The van der Waals surface area contributed by atoms with Crippen LogP contribution in [0.1, 0.15) is 59.2 Å². The van der Waals surface area contributed by atoms with Crippen LogP contribution in [0.4, 0.5) is 10.1 Å². The van der Waals surface area contributed by atoms with E-state index in [1.165, 1.54) is 37.8 Å². The lowest BCUT2D eigenvalue weighted by Crippen LogP contribution is -2.51. The van der Waals surface area contributed by atoms with E-state index in [9.17, 15) is 14.0 Å². The lowest BCUT2D eigenvalue weighted by Gasteiger charge is -2.39. The van der Waals surface area contributed by atoms with Gasteiger partial charge < -0.3 is 15.1 Å². The Bertz CT molecular complexity index is 1040. The molecule has 0 bridgehead atoms. The number of hydrogen-bond donors (Lipinski definition) is 1. The molecule has 3 aliphatic rings. The third kappa shape index (κ3) is 5.50. The number of hydrogen-bond acceptors (Lipinski definition) is 4. The minimum Gasteiger partial charge on any atom is -0.371 e. The molecule has 35 heavy (non-hydrogen) atoms. The Morgan fingerprint density at radius 1 is 0.829 bits per heavy atom. The van der Waals surface area contributed by atoms with Crippen LogP contribution >= 0.6 is 0 Å². The topological polar surface area (TPSA) is 55.9 Å². The maximum Gasteiger partial charge on any atom is 0.256 e. The highest BCUT2D eigenvalue weighted by Gasteiger charge is 2.30. The molecule has 0 spiro atoms. The van der Waals surface area contributed by atoms with Gasteiger partial charge in [-0.1, -0.05) is 31.0 Å². The zero-order valence-electron chi connectivity index (χ0n) is 20.3. The van der Waals surface area contributed by atoms with Crippen molar-refractivity contribution < 1.29 is 14.0 Å². The van der Waals surface area contributed by atoms with Crippen LogP contribution in [0.5, 0.6) is 0 Å². The number of rotatable bonds is 5. The third-order valence-electron chi connectivity index (χ3n) is 7.83. The van der Waals surface area contributed by atoms with Crippen LogP contribution in [0.3, 0.4) is 0 Å². The minimum absolute atomic E-state index is 0.0357. The second-order valence-corrected chi connectivity index (χ2v) is 10.0. The number of halogens is 1. The van der Waals surface area contributed by atoms with Crippen LogP contribution in [0.2, 0.25) is 0 Å².